The molecule has 0 aliphatic carbocycles. The van der Waals surface area contributed by atoms with E-state index in [2.05, 4.69) is 10.2 Å². The fourth-order valence-electron chi connectivity index (χ4n) is 5.77. The number of likely N-dealkylation sites (tertiary alicyclic amines) is 2. The van der Waals surface area contributed by atoms with Crippen molar-refractivity contribution in [1.29, 1.82) is 0 Å². The molecule has 3 aliphatic rings. The van der Waals surface area contributed by atoms with Gasteiger partial charge in [-0.15, -0.1) is 0 Å². The molecule has 0 saturated carbocycles. The Kier molecular flexibility index (Phi) is 6.58. The first kappa shape index (κ1) is 23.6. The van der Waals surface area contributed by atoms with Gasteiger partial charge in [-0.3, -0.25) is 9.69 Å². The van der Waals surface area contributed by atoms with Crippen LogP contribution in [0.25, 0.3) is 6.08 Å². The summed E-state index contributed by atoms with van der Waals surface area (Å²) in [5.41, 5.74) is 2.52. The SMILES string of the molecule is O=C(/C=C/c1cc(F)cc(F)c1)N1CCCCC1N1CCC2(CC1)CNc1cc(Cl)cc(Cl)c12. The Labute approximate surface area is 208 Å². The molecule has 2 fully saturated rings. The van der Waals surface area contributed by atoms with Crippen LogP contribution in [0.2, 0.25) is 10.0 Å². The average Bonchev–Trinajstić information content (AvgIpc) is 3.15. The third-order valence-corrected chi connectivity index (χ3v) is 7.95. The summed E-state index contributed by atoms with van der Waals surface area (Å²) in [6, 6.07) is 7.03. The molecule has 8 heteroatoms. The number of carbonyl (C=O) groups excluding carboxylic acids is 1. The van der Waals surface area contributed by atoms with Gasteiger partial charge in [0.1, 0.15) is 11.6 Å². The molecule has 1 unspecified atom stereocenters. The predicted molar refractivity (Wildman–Crippen MR) is 132 cm³/mol. The van der Waals surface area contributed by atoms with Crippen molar-refractivity contribution in [3.8, 4) is 0 Å². The molecule has 1 atom stereocenters. The lowest BCUT2D eigenvalue weighted by Gasteiger charge is -2.47. The molecule has 34 heavy (non-hydrogen) atoms. The number of hydrogen-bond acceptors (Lipinski definition) is 3. The normalized spacial score (nSPS) is 22.2. The molecular formula is C26H27Cl2F2N3O. The molecule has 180 valence electrons. The minimum Gasteiger partial charge on any atom is -0.384 e. The first-order valence-electron chi connectivity index (χ1n) is 11.8. The number of rotatable bonds is 3. The molecule has 1 amide bonds. The molecule has 4 nitrogen and oxygen atoms in total. The van der Waals surface area contributed by atoms with Crippen molar-refractivity contribution < 1.29 is 13.6 Å². The van der Waals surface area contributed by atoms with Crippen molar-refractivity contribution >= 4 is 40.9 Å². The molecule has 2 aromatic carbocycles. The highest BCUT2D eigenvalue weighted by atomic mass is 35.5. The highest BCUT2D eigenvalue weighted by Crippen LogP contribution is 2.48. The largest absolute Gasteiger partial charge is 0.384 e. The first-order valence-corrected chi connectivity index (χ1v) is 12.5. The molecule has 0 aromatic heterocycles. The van der Waals surface area contributed by atoms with Gasteiger partial charge in [0.25, 0.3) is 0 Å². The molecule has 0 radical (unpaired) electrons. The van der Waals surface area contributed by atoms with Crippen molar-refractivity contribution in [3.63, 3.8) is 0 Å². The summed E-state index contributed by atoms with van der Waals surface area (Å²) >= 11 is 12.8. The van der Waals surface area contributed by atoms with Crippen molar-refractivity contribution in [1.82, 2.24) is 9.80 Å². The number of halogens is 4. The minimum absolute atomic E-state index is 0.0155. The molecule has 1 spiro atoms. The zero-order valence-electron chi connectivity index (χ0n) is 18.8. The quantitative estimate of drug-likeness (QED) is 0.513. The van der Waals surface area contributed by atoms with Crippen LogP contribution in [0.3, 0.4) is 0 Å². The van der Waals surface area contributed by atoms with Gasteiger partial charge in [0.15, 0.2) is 0 Å². The van der Waals surface area contributed by atoms with Gasteiger partial charge in [-0.25, -0.2) is 8.78 Å². The number of carbonyl (C=O) groups is 1. The highest BCUT2D eigenvalue weighted by Gasteiger charge is 2.45. The first-order chi connectivity index (χ1) is 16.3. The highest BCUT2D eigenvalue weighted by molar-refractivity contribution is 6.35. The van der Waals surface area contributed by atoms with Crippen LogP contribution in [-0.4, -0.2) is 48.1 Å². The Morgan fingerprint density at radius 1 is 1.03 bits per heavy atom. The van der Waals surface area contributed by atoms with Crippen LogP contribution in [0.1, 0.15) is 43.2 Å². The van der Waals surface area contributed by atoms with Crippen LogP contribution in [0.15, 0.2) is 36.4 Å². The molecule has 2 saturated heterocycles. The van der Waals surface area contributed by atoms with E-state index >= 15 is 0 Å². The summed E-state index contributed by atoms with van der Waals surface area (Å²) in [6.45, 7) is 3.26. The summed E-state index contributed by atoms with van der Waals surface area (Å²) in [7, 11) is 0. The average molecular weight is 506 g/mol. The molecule has 2 aromatic rings. The van der Waals surface area contributed by atoms with Gasteiger partial charge < -0.3 is 10.2 Å². The summed E-state index contributed by atoms with van der Waals surface area (Å²) < 4.78 is 27.0. The van der Waals surface area contributed by atoms with Crippen LogP contribution in [0.5, 0.6) is 0 Å². The standard InChI is InChI=1S/C26H27Cl2F2N3O/c27-18-13-21(28)25-22(14-18)31-16-26(25)6-9-32(10-7-26)23-3-1-2-8-33(23)24(34)5-4-17-11-19(29)15-20(30)12-17/h4-5,11-15,23,31H,1-3,6-10,16H2/b5-4+. The van der Waals surface area contributed by atoms with Gasteiger partial charge in [-0.2, -0.15) is 0 Å². The van der Waals surface area contributed by atoms with Gasteiger partial charge in [0.05, 0.1) is 6.17 Å². The van der Waals surface area contributed by atoms with E-state index in [4.69, 9.17) is 23.2 Å². The summed E-state index contributed by atoms with van der Waals surface area (Å²) in [4.78, 5) is 17.4. The number of nitrogens with zero attached hydrogens (tertiary/aromatic N) is 2. The smallest absolute Gasteiger partial charge is 0.247 e. The number of benzene rings is 2. The molecule has 3 aliphatic heterocycles. The summed E-state index contributed by atoms with van der Waals surface area (Å²) in [6.07, 6.45) is 7.79. The Morgan fingerprint density at radius 3 is 2.50 bits per heavy atom. The minimum atomic E-state index is -0.657. The maximum atomic E-state index is 13.5. The molecule has 3 heterocycles. The van der Waals surface area contributed by atoms with Gasteiger partial charge >= 0.3 is 0 Å². The van der Waals surface area contributed by atoms with Crippen molar-refractivity contribution in [2.45, 2.75) is 43.7 Å². The zero-order chi connectivity index (χ0) is 23.9. The van der Waals surface area contributed by atoms with Gasteiger partial charge in [0, 0.05) is 65.0 Å². The Morgan fingerprint density at radius 2 is 1.76 bits per heavy atom. The lowest BCUT2D eigenvalue weighted by molar-refractivity contribution is -0.135. The van der Waals surface area contributed by atoms with Crippen LogP contribution in [0, 0.1) is 11.6 Å². The monoisotopic (exact) mass is 505 g/mol. The van der Waals surface area contributed by atoms with Crippen LogP contribution in [0.4, 0.5) is 14.5 Å². The van der Waals surface area contributed by atoms with Gasteiger partial charge in [0.2, 0.25) is 5.91 Å². The Bertz CT molecular complexity index is 1110. The van der Waals surface area contributed by atoms with E-state index in [1.807, 2.05) is 17.0 Å². The number of piperidine rings is 2. The maximum absolute atomic E-state index is 13.5. The van der Waals surface area contributed by atoms with Crippen molar-refractivity contribution in [2.24, 2.45) is 0 Å². The number of fused-ring (bicyclic) bond motifs is 2. The van der Waals surface area contributed by atoms with Crippen LogP contribution >= 0.6 is 23.2 Å². The topological polar surface area (TPSA) is 35.6 Å². The third kappa shape index (κ3) is 4.56. The number of anilines is 1. The van der Waals surface area contributed by atoms with Crippen molar-refractivity contribution in [3.05, 3.63) is 69.2 Å². The van der Waals surface area contributed by atoms with E-state index < -0.39 is 11.6 Å². The van der Waals surface area contributed by atoms with Crippen molar-refractivity contribution in [2.75, 3.05) is 31.5 Å². The molecule has 0 bridgehead atoms. The fourth-order valence-corrected chi connectivity index (χ4v) is 6.46. The fraction of sp³-hybridized carbons (Fsp3) is 0.423. The van der Waals surface area contributed by atoms with E-state index in [0.29, 0.717) is 22.2 Å². The Hall–Kier alpha value is -2.15. The number of nitrogens with one attached hydrogen (secondary N) is 1. The maximum Gasteiger partial charge on any atom is 0.247 e. The van der Waals surface area contributed by atoms with Gasteiger partial charge in [-0.1, -0.05) is 23.2 Å². The second-order valence-electron chi connectivity index (χ2n) is 9.52. The van der Waals surface area contributed by atoms with Crippen LogP contribution < -0.4 is 5.32 Å². The number of hydrogen-bond donors (Lipinski definition) is 1. The van der Waals surface area contributed by atoms with E-state index in [0.717, 1.165) is 63.5 Å². The van der Waals surface area contributed by atoms with E-state index in [1.54, 1.807) is 0 Å². The molecular weight excluding hydrogens is 479 g/mol. The third-order valence-electron chi connectivity index (χ3n) is 7.44. The second kappa shape index (κ2) is 9.48. The van der Waals surface area contributed by atoms with E-state index in [-0.39, 0.29) is 17.5 Å². The Balaban J connectivity index is 1.29. The molecule has 5 rings (SSSR count). The second-order valence-corrected chi connectivity index (χ2v) is 10.4. The van der Waals surface area contributed by atoms with Gasteiger partial charge in [-0.05, 0) is 68.0 Å². The predicted octanol–water partition coefficient (Wildman–Crippen LogP) is 6.08. The zero-order valence-corrected chi connectivity index (χ0v) is 20.3. The van der Waals surface area contributed by atoms with Crippen LogP contribution in [-0.2, 0) is 10.2 Å². The number of amides is 1. The molecule has 1 N–H and O–H groups in total. The summed E-state index contributed by atoms with van der Waals surface area (Å²) in [5.74, 6) is -1.44. The van der Waals surface area contributed by atoms with E-state index in [9.17, 15) is 13.6 Å². The lowest BCUT2D eigenvalue weighted by Crippen LogP contribution is -2.56. The summed E-state index contributed by atoms with van der Waals surface area (Å²) in [5, 5.41) is 4.84. The lowest BCUT2D eigenvalue weighted by atomic mass is 9.74. The van der Waals surface area contributed by atoms with E-state index in [1.165, 1.54) is 29.8 Å².